The monoisotopic (exact) mass is 702 g/mol. The number of hydrogen-bond donors (Lipinski definition) is 0. The zero-order valence-corrected chi connectivity index (χ0v) is 29.9. The molecule has 0 saturated carbocycles. The third-order valence-corrected chi connectivity index (χ3v) is 10.9. The lowest BCUT2D eigenvalue weighted by Gasteiger charge is -2.26. The fourth-order valence-corrected chi connectivity index (χ4v) is 8.33. The molecule has 0 unspecified atom stereocenters. The highest BCUT2D eigenvalue weighted by molar-refractivity contribution is 6.22. The largest absolute Gasteiger partial charge is 0.454 e. The van der Waals surface area contributed by atoms with Crippen LogP contribution in [0.5, 0.6) is 0 Å². The van der Waals surface area contributed by atoms with Crippen molar-refractivity contribution < 1.29 is 4.42 Å². The van der Waals surface area contributed by atoms with Gasteiger partial charge in [-0.2, -0.15) is 0 Å². The Hall–Kier alpha value is -7.36. The molecule has 0 aliphatic heterocycles. The summed E-state index contributed by atoms with van der Waals surface area (Å²) in [5, 5.41) is 7.05. The fourth-order valence-electron chi connectivity index (χ4n) is 8.33. The Morgan fingerprint density at radius 1 is 0.364 bits per heavy atom. The maximum Gasteiger partial charge on any atom is 0.160 e. The summed E-state index contributed by atoms with van der Waals surface area (Å²) in [7, 11) is 0. The van der Waals surface area contributed by atoms with Gasteiger partial charge in [-0.05, 0) is 106 Å². The summed E-state index contributed by atoms with van der Waals surface area (Å²) in [6.07, 6.45) is 0. The van der Waals surface area contributed by atoms with E-state index in [4.69, 9.17) is 4.42 Å². The van der Waals surface area contributed by atoms with Crippen LogP contribution in [-0.4, -0.2) is 4.57 Å². The van der Waals surface area contributed by atoms with Gasteiger partial charge < -0.3 is 13.9 Å². The molecule has 0 radical (unpaired) electrons. The summed E-state index contributed by atoms with van der Waals surface area (Å²) in [6.45, 7) is 0. The molecule has 0 amide bonds. The highest BCUT2D eigenvalue weighted by Gasteiger charge is 2.20. The van der Waals surface area contributed by atoms with Crippen molar-refractivity contribution in [1.82, 2.24) is 4.57 Å². The average Bonchev–Trinajstić information content (AvgIpc) is 3.80. The Morgan fingerprint density at radius 3 is 1.85 bits per heavy atom. The van der Waals surface area contributed by atoms with Gasteiger partial charge in [0.2, 0.25) is 0 Å². The van der Waals surface area contributed by atoms with Crippen molar-refractivity contribution in [3.05, 3.63) is 206 Å². The van der Waals surface area contributed by atoms with Gasteiger partial charge in [0.15, 0.2) is 5.58 Å². The molecule has 2 heterocycles. The molecule has 2 aromatic heterocycles. The second-order valence-corrected chi connectivity index (χ2v) is 14.2. The van der Waals surface area contributed by atoms with Gasteiger partial charge in [0.05, 0.1) is 11.0 Å². The van der Waals surface area contributed by atoms with Crippen LogP contribution < -0.4 is 4.90 Å². The van der Waals surface area contributed by atoms with E-state index in [-0.39, 0.29) is 0 Å². The number of aromatic nitrogens is 1. The topological polar surface area (TPSA) is 21.3 Å². The highest BCUT2D eigenvalue weighted by atomic mass is 16.3. The van der Waals surface area contributed by atoms with E-state index in [1.165, 1.54) is 38.2 Å². The van der Waals surface area contributed by atoms with Gasteiger partial charge in [0.25, 0.3) is 0 Å². The fraction of sp³-hybridized carbons (Fsp3) is 0. The van der Waals surface area contributed by atoms with Crippen LogP contribution in [-0.2, 0) is 0 Å². The van der Waals surface area contributed by atoms with Gasteiger partial charge in [0.1, 0.15) is 5.58 Å². The molecular formula is C52H34N2O. The standard InChI is InChI=1S/C52H34N2O/c1-3-12-35(13-4-1)39-16-11-19-43(32-39)53(41-17-5-2-6-18-41)42-26-22-37(23-27-42)40-25-31-49-48(34-40)46-29-30-47-45-20-9-10-21-50(45)55-52(47)51(46)54(49)44-28-24-36-14-7-8-15-38(36)33-44/h1-34H. The van der Waals surface area contributed by atoms with Crippen molar-refractivity contribution in [1.29, 1.82) is 0 Å². The lowest BCUT2D eigenvalue weighted by atomic mass is 10.0. The first kappa shape index (κ1) is 31.2. The molecule has 0 bridgehead atoms. The normalized spacial score (nSPS) is 11.6. The number of nitrogens with zero attached hydrogens (tertiary/aromatic N) is 2. The lowest BCUT2D eigenvalue weighted by molar-refractivity contribution is 0.671. The van der Waals surface area contributed by atoms with Gasteiger partial charge in [-0.15, -0.1) is 0 Å². The summed E-state index contributed by atoms with van der Waals surface area (Å²) in [5.41, 5.74) is 13.2. The molecule has 0 aliphatic rings. The van der Waals surface area contributed by atoms with E-state index in [2.05, 4.69) is 210 Å². The lowest BCUT2D eigenvalue weighted by Crippen LogP contribution is -2.09. The number of anilines is 3. The third-order valence-electron chi connectivity index (χ3n) is 10.9. The molecule has 0 atom stereocenters. The first-order valence-corrected chi connectivity index (χ1v) is 18.8. The van der Waals surface area contributed by atoms with E-state index < -0.39 is 0 Å². The summed E-state index contributed by atoms with van der Waals surface area (Å²) >= 11 is 0. The van der Waals surface area contributed by atoms with Crippen molar-refractivity contribution in [2.75, 3.05) is 4.90 Å². The average molecular weight is 703 g/mol. The number of hydrogen-bond acceptors (Lipinski definition) is 2. The Morgan fingerprint density at radius 2 is 1.00 bits per heavy atom. The minimum absolute atomic E-state index is 0.900. The van der Waals surface area contributed by atoms with E-state index in [1.54, 1.807) is 0 Å². The van der Waals surface area contributed by atoms with E-state index >= 15 is 0 Å². The Balaban J connectivity index is 1.06. The van der Waals surface area contributed by atoms with Crippen molar-refractivity contribution >= 4 is 71.6 Å². The van der Waals surface area contributed by atoms with E-state index in [0.717, 1.165) is 61.3 Å². The smallest absolute Gasteiger partial charge is 0.160 e. The van der Waals surface area contributed by atoms with Gasteiger partial charge in [-0.3, -0.25) is 0 Å². The Bertz CT molecular complexity index is 3190. The molecule has 11 aromatic rings. The third kappa shape index (κ3) is 5.20. The predicted molar refractivity (Wildman–Crippen MR) is 231 cm³/mol. The van der Waals surface area contributed by atoms with Crippen LogP contribution in [0.2, 0.25) is 0 Å². The molecule has 0 aliphatic carbocycles. The van der Waals surface area contributed by atoms with Crippen LogP contribution in [0.1, 0.15) is 0 Å². The van der Waals surface area contributed by atoms with Crippen molar-refractivity contribution in [3.63, 3.8) is 0 Å². The van der Waals surface area contributed by atoms with Crippen molar-refractivity contribution in [2.45, 2.75) is 0 Å². The van der Waals surface area contributed by atoms with Gasteiger partial charge >= 0.3 is 0 Å². The van der Waals surface area contributed by atoms with Gasteiger partial charge in [-0.1, -0.05) is 133 Å². The van der Waals surface area contributed by atoms with Crippen molar-refractivity contribution in [3.8, 4) is 27.9 Å². The molecule has 0 N–H and O–H groups in total. The van der Waals surface area contributed by atoms with E-state index in [1.807, 2.05) is 6.07 Å². The number of fused-ring (bicyclic) bond motifs is 8. The van der Waals surface area contributed by atoms with Crippen molar-refractivity contribution in [2.24, 2.45) is 0 Å². The zero-order chi connectivity index (χ0) is 36.3. The minimum Gasteiger partial charge on any atom is -0.454 e. The van der Waals surface area contributed by atoms with Crippen LogP contribution in [0.3, 0.4) is 0 Å². The van der Waals surface area contributed by atoms with Gasteiger partial charge in [-0.25, -0.2) is 0 Å². The summed E-state index contributed by atoms with van der Waals surface area (Å²) < 4.78 is 9.06. The van der Waals surface area contributed by atoms with Crippen LogP contribution >= 0.6 is 0 Å². The summed E-state index contributed by atoms with van der Waals surface area (Å²) in [6, 6.07) is 73.9. The maximum atomic E-state index is 6.68. The number of rotatable bonds is 6. The first-order chi connectivity index (χ1) is 27.3. The maximum absolute atomic E-state index is 6.68. The number of para-hydroxylation sites is 2. The van der Waals surface area contributed by atoms with E-state index in [0.29, 0.717) is 0 Å². The highest BCUT2D eigenvalue weighted by Crippen LogP contribution is 2.42. The van der Waals surface area contributed by atoms with Crippen LogP contribution in [0.15, 0.2) is 211 Å². The molecular weight excluding hydrogens is 669 g/mol. The Kier molecular flexibility index (Phi) is 7.17. The molecule has 3 nitrogen and oxygen atoms in total. The van der Waals surface area contributed by atoms with Crippen LogP contribution in [0.25, 0.3) is 82.5 Å². The molecule has 0 spiro atoms. The molecule has 258 valence electrons. The minimum atomic E-state index is 0.900. The number of benzene rings is 9. The van der Waals surface area contributed by atoms with Crippen LogP contribution in [0.4, 0.5) is 17.1 Å². The second kappa shape index (κ2) is 12.6. The SMILES string of the molecule is c1ccc(-c2cccc(N(c3ccccc3)c3ccc(-c4ccc5c(c4)c4ccc6c7ccccc7oc6c4n5-c4ccc5ccccc5c4)cc3)c2)cc1. The second-order valence-electron chi connectivity index (χ2n) is 14.2. The summed E-state index contributed by atoms with van der Waals surface area (Å²) in [5.74, 6) is 0. The number of furan rings is 1. The molecule has 9 aromatic carbocycles. The summed E-state index contributed by atoms with van der Waals surface area (Å²) in [4.78, 5) is 2.33. The van der Waals surface area contributed by atoms with Crippen LogP contribution in [0, 0.1) is 0 Å². The Labute approximate surface area is 318 Å². The molecule has 3 heteroatoms. The molecule has 0 fully saturated rings. The molecule has 55 heavy (non-hydrogen) atoms. The quantitative estimate of drug-likeness (QED) is 0.172. The van der Waals surface area contributed by atoms with E-state index in [9.17, 15) is 0 Å². The molecule has 11 rings (SSSR count). The first-order valence-electron chi connectivity index (χ1n) is 18.8. The molecule has 0 saturated heterocycles. The van der Waals surface area contributed by atoms with Gasteiger partial charge in [0, 0.05) is 44.3 Å². The zero-order valence-electron chi connectivity index (χ0n) is 29.9. The predicted octanol–water partition coefficient (Wildman–Crippen LogP) is 14.6.